The van der Waals surface area contributed by atoms with E-state index in [9.17, 15) is 4.79 Å². The number of nitrogens with one attached hydrogen (secondary N) is 1. The molecule has 0 aliphatic carbocycles. The molecule has 2 nitrogen and oxygen atoms in total. The molecule has 0 atom stereocenters. The molecule has 0 spiro atoms. The summed E-state index contributed by atoms with van der Waals surface area (Å²) in [6, 6.07) is 7.61. The maximum Gasteiger partial charge on any atom is 0.161 e. The molecule has 3 heteroatoms. The summed E-state index contributed by atoms with van der Waals surface area (Å²) in [4.78, 5) is 11.2. The van der Waals surface area contributed by atoms with Crippen LogP contribution in [0.1, 0.15) is 17.3 Å². The van der Waals surface area contributed by atoms with E-state index in [1.54, 1.807) is 12.1 Å². The number of rotatable bonds is 2. The standard InChI is InChI=1S/C10H8BrNO/c1-3-12-10-5-4-8(11)6-9(10)7(2)13/h1,4-6,12H,2H3. The Bertz CT molecular complexity index is 379. The van der Waals surface area contributed by atoms with Crippen molar-refractivity contribution in [1.82, 2.24) is 0 Å². The van der Waals surface area contributed by atoms with Gasteiger partial charge in [-0.3, -0.25) is 4.79 Å². The van der Waals surface area contributed by atoms with Crippen LogP contribution in [0.4, 0.5) is 5.69 Å². The molecule has 1 N–H and O–H groups in total. The molecule has 0 saturated carbocycles. The smallest absolute Gasteiger partial charge is 0.161 e. The molecule has 0 aliphatic rings. The first-order chi connectivity index (χ1) is 6.15. The minimum absolute atomic E-state index is 0.0148. The number of ketones is 1. The maximum atomic E-state index is 11.2. The molecule has 0 saturated heterocycles. The van der Waals surface area contributed by atoms with E-state index in [0.717, 1.165) is 4.47 Å². The van der Waals surface area contributed by atoms with Crippen molar-refractivity contribution in [3.05, 3.63) is 28.2 Å². The third-order valence-electron chi connectivity index (χ3n) is 1.57. The first kappa shape index (κ1) is 9.82. The SMILES string of the molecule is C#CNc1ccc(Br)cc1C(C)=O. The van der Waals surface area contributed by atoms with Crippen molar-refractivity contribution in [2.75, 3.05) is 5.32 Å². The monoisotopic (exact) mass is 237 g/mol. The van der Waals surface area contributed by atoms with E-state index in [0.29, 0.717) is 11.3 Å². The normalized spacial score (nSPS) is 9.00. The first-order valence-electron chi connectivity index (χ1n) is 3.67. The van der Waals surface area contributed by atoms with Gasteiger partial charge in [-0.2, -0.15) is 0 Å². The van der Waals surface area contributed by atoms with Gasteiger partial charge < -0.3 is 5.32 Å². The molecule has 0 fully saturated rings. The van der Waals surface area contributed by atoms with Gasteiger partial charge in [0.2, 0.25) is 0 Å². The van der Waals surface area contributed by atoms with Crippen molar-refractivity contribution in [3.63, 3.8) is 0 Å². The van der Waals surface area contributed by atoms with E-state index < -0.39 is 0 Å². The van der Waals surface area contributed by atoms with E-state index in [2.05, 4.69) is 27.3 Å². The molecule has 1 aromatic carbocycles. The largest absolute Gasteiger partial charge is 0.314 e. The molecule has 1 aromatic rings. The maximum absolute atomic E-state index is 11.2. The van der Waals surface area contributed by atoms with Gasteiger partial charge >= 0.3 is 0 Å². The van der Waals surface area contributed by atoms with Crippen LogP contribution in [0, 0.1) is 12.5 Å². The lowest BCUT2D eigenvalue weighted by atomic mass is 10.1. The zero-order valence-corrected chi connectivity index (χ0v) is 8.68. The lowest BCUT2D eigenvalue weighted by Crippen LogP contribution is -1.99. The molecule has 0 heterocycles. The van der Waals surface area contributed by atoms with Crippen LogP contribution >= 0.6 is 15.9 Å². The summed E-state index contributed by atoms with van der Waals surface area (Å²) in [5.41, 5.74) is 1.26. The van der Waals surface area contributed by atoms with E-state index in [1.165, 1.54) is 6.92 Å². The Labute approximate surface area is 85.5 Å². The van der Waals surface area contributed by atoms with E-state index in [-0.39, 0.29) is 5.78 Å². The summed E-state index contributed by atoms with van der Waals surface area (Å²) in [5.74, 6) is -0.0148. The summed E-state index contributed by atoms with van der Waals surface area (Å²) in [7, 11) is 0. The molecular weight excluding hydrogens is 230 g/mol. The van der Waals surface area contributed by atoms with Crippen LogP contribution in [0.25, 0.3) is 0 Å². The Hall–Kier alpha value is -1.27. The highest BCUT2D eigenvalue weighted by molar-refractivity contribution is 9.10. The van der Waals surface area contributed by atoms with Gasteiger partial charge in [0.25, 0.3) is 0 Å². The minimum Gasteiger partial charge on any atom is -0.314 e. The fraction of sp³-hybridized carbons (Fsp3) is 0.100. The number of hydrogen-bond acceptors (Lipinski definition) is 2. The molecule has 66 valence electrons. The third-order valence-corrected chi connectivity index (χ3v) is 2.06. The molecule has 0 bridgehead atoms. The average Bonchev–Trinajstić information content (AvgIpc) is 2.08. The fourth-order valence-corrected chi connectivity index (χ4v) is 1.36. The van der Waals surface area contributed by atoms with Gasteiger partial charge in [0, 0.05) is 16.1 Å². The number of Topliss-reactive ketones (excluding diaryl/α,β-unsaturated/α-hetero) is 1. The lowest BCUT2D eigenvalue weighted by Gasteiger charge is -2.04. The Morgan fingerprint density at radius 2 is 2.31 bits per heavy atom. The second-order valence-electron chi connectivity index (χ2n) is 2.52. The highest BCUT2D eigenvalue weighted by Gasteiger charge is 2.06. The highest BCUT2D eigenvalue weighted by Crippen LogP contribution is 2.21. The lowest BCUT2D eigenvalue weighted by molar-refractivity contribution is 0.101. The zero-order valence-electron chi connectivity index (χ0n) is 7.10. The summed E-state index contributed by atoms with van der Waals surface area (Å²) in [5, 5.41) is 2.67. The Morgan fingerprint density at radius 3 is 2.85 bits per heavy atom. The quantitative estimate of drug-likeness (QED) is 0.487. The number of terminal acetylenes is 1. The number of carbonyl (C=O) groups is 1. The molecule has 0 aliphatic heterocycles. The van der Waals surface area contributed by atoms with Crippen molar-refractivity contribution < 1.29 is 4.79 Å². The molecule has 0 unspecified atom stereocenters. The van der Waals surface area contributed by atoms with E-state index in [4.69, 9.17) is 6.42 Å². The predicted octanol–water partition coefficient (Wildman–Crippen LogP) is 2.65. The van der Waals surface area contributed by atoms with Gasteiger partial charge in [-0.05, 0) is 25.1 Å². The van der Waals surface area contributed by atoms with Crippen LogP contribution in [-0.2, 0) is 0 Å². The predicted molar refractivity (Wildman–Crippen MR) is 56.6 cm³/mol. The number of hydrogen-bond donors (Lipinski definition) is 1. The zero-order chi connectivity index (χ0) is 9.84. The summed E-state index contributed by atoms with van der Waals surface area (Å²) in [6.45, 7) is 1.50. The Kier molecular flexibility index (Phi) is 3.10. The van der Waals surface area contributed by atoms with Crippen molar-refractivity contribution in [1.29, 1.82) is 0 Å². The molecule has 0 amide bonds. The van der Waals surface area contributed by atoms with Crippen LogP contribution in [0.5, 0.6) is 0 Å². The number of benzene rings is 1. The van der Waals surface area contributed by atoms with Gasteiger partial charge in [0.05, 0.1) is 5.69 Å². The first-order valence-corrected chi connectivity index (χ1v) is 4.46. The second kappa shape index (κ2) is 4.11. The summed E-state index contributed by atoms with van der Waals surface area (Å²) in [6.07, 6.45) is 5.08. The third kappa shape index (κ3) is 2.33. The molecule has 13 heavy (non-hydrogen) atoms. The van der Waals surface area contributed by atoms with Gasteiger partial charge in [0.1, 0.15) is 0 Å². The average molecular weight is 238 g/mol. The van der Waals surface area contributed by atoms with Gasteiger partial charge in [-0.25, -0.2) is 0 Å². The highest BCUT2D eigenvalue weighted by atomic mass is 79.9. The van der Waals surface area contributed by atoms with Crippen molar-refractivity contribution in [2.24, 2.45) is 0 Å². The number of halogens is 1. The molecular formula is C10H8BrNO. The van der Waals surface area contributed by atoms with Crippen molar-refractivity contribution in [2.45, 2.75) is 6.92 Å². The van der Waals surface area contributed by atoms with Gasteiger partial charge in [-0.1, -0.05) is 22.4 Å². The summed E-state index contributed by atoms with van der Waals surface area (Å²) >= 11 is 3.28. The topological polar surface area (TPSA) is 29.1 Å². The van der Waals surface area contributed by atoms with Crippen LogP contribution in [-0.4, -0.2) is 5.78 Å². The van der Waals surface area contributed by atoms with Crippen LogP contribution in [0.15, 0.2) is 22.7 Å². The minimum atomic E-state index is -0.0148. The Morgan fingerprint density at radius 1 is 1.62 bits per heavy atom. The Balaban J connectivity index is 3.20. The van der Waals surface area contributed by atoms with Crippen molar-refractivity contribution >= 4 is 27.4 Å². The van der Waals surface area contributed by atoms with Gasteiger partial charge in [0.15, 0.2) is 5.78 Å². The van der Waals surface area contributed by atoms with Crippen molar-refractivity contribution in [3.8, 4) is 12.5 Å². The van der Waals surface area contributed by atoms with Gasteiger partial charge in [-0.15, -0.1) is 0 Å². The van der Waals surface area contributed by atoms with E-state index in [1.807, 2.05) is 6.07 Å². The molecule has 0 aromatic heterocycles. The molecule has 1 rings (SSSR count). The van der Waals surface area contributed by atoms with Crippen LogP contribution in [0.3, 0.4) is 0 Å². The van der Waals surface area contributed by atoms with E-state index >= 15 is 0 Å². The second-order valence-corrected chi connectivity index (χ2v) is 3.43. The van der Waals surface area contributed by atoms with Crippen LogP contribution < -0.4 is 5.32 Å². The van der Waals surface area contributed by atoms with Crippen LogP contribution in [0.2, 0.25) is 0 Å². The number of anilines is 1. The molecule has 0 radical (unpaired) electrons. The summed E-state index contributed by atoms with van der Waals surface area (Å²) < 4.78 is 0.861. The fourth-order valence-electron chi connectivity index (χ4n) is 0.995. The number of carbonyl (C=O) groups excluding carboxylic acids is 1.